The molecule has 1 atom stereocenters. The molecule has 0 radical (unpaired) electrons. The molecule has 19 heavy (non-hydrogen) atoms. The van der Waals surface area contributed by atoms with Crippen molar-refractivity contribution in [3.05, 3.63) is 41.1 Å². The normalized spacial score (nSPS) is 11.5. The summed E-state index contributed by atoms with van der Waals surface area (Å²) in [6.45, 7) is 3.40. The maximum Gasteiger partial charge on any atom is 0.326 e. The van der Waals surface area contributed by atoms with E-state index in [4.69, 9.17) is 5.11 Å². The number of hydrogen-bond donors (Lipinski definition) is 3. The molecule has 7 heteroatoms. The summed E-state index contributed by atoms with van der Waals surface area (Å²) in [5, 5.41) is 13.3. The Morgan fingerprint density at radius 1 is 1.53 bits per heavy atom. The molecule has 0 aromatic heterocycles. The van der Waals surface area contributed by atoms with Crippen molar-refractivity contribution in [2.24, 2.45) is 0 Å². The largest absolute Gasteiger partial charge is 0.480 e. The minimum absolute atomic E-state index is 0.0467. The fraction of sp³-hybridized carbons (Fsp3) is 0.167. The maximum absolute atomic E-state index is 13.4. The first-order valence-electron chi connectivity index (χ1n) is 5.30. The molecule has 0 fully saturated rings. The fourth-order valence-corrected chi connectivity index (χ4v) is 1.66. The quantitative estimate of drug-likeness (QED) is 0.726. The number of carbonyl (C=O) groups is 2. The number of urea groups is 1. The smallest absolute Gasteiger partial charge is 0.326 e. The zero-order valence-corrected chi connectivity index (χ0v) is 11.4. The fourth-order valence-electron chi connectivity index (χ4n) is 1.30. The highest BCUT2D eigenvalue weighted by molar-refractivity contribution is 9.10. The number of carbonyl (C=O) groups excluding carboxylic acids is 1. The van der Waals surface area contributed by atoms with Gasteiger partial charge in [0.05, 0.1) is 5.69 Å². The monoisotopic (exact) mass is 330 g/mol. The minimum atomic E-state index is -1.19. The van der Waals surface area contributed by atoms with Gasteiger partial charge in [-0.05, 0) is 24.6 Å². The molecule has 102 valence electrons. The number of benzene rings is 1. The SMILES string of the molecule is C=CCC(NC(=O)Nc1cc(Br)ccc1F)C(=O)O. The van der Waals surface area contributed by atoms with Gasteiger partial charge in [0.1, 0.15) is 11.9 Å². The maximum atomic E-state index is 13.4. The Hall–Kier alpha value is -1.89. The summed E-state index contributed by atoms with van der Waals surface area (Å²) in [6, 6.07) is 2.13. The van der Waals surface area contributed by atoms with Crippen LogP contribution in [0.2, 0.25) is 0 Å². The van der Waals surface area contributed by atoms with Crippen LogP contribution >= 0.6 is 15.9 Å². The lowest BCUT2D eigenvalue weighted by Gasteiger charge is -2.13. The van der Waals surface area contributed by atoms with Gasteiger partial charge in [-0.3, -0.25) is 0 Å². The van der Waals surface area contributed by atoms with E-state index in [0.29, 0.717) is 4.47 Å². The Labute approximate surface area is 117 Å². The van der Waals surface area contributed by atoms with E-state index >= 15 is 0 Å². The first-order valence-corrected chi connectivity index (χ1v) is 6.09. The predicted molar refractivity (Wildman–Crippen MR) is 72.5 cm³/mol. The minimum Gasteiger partial charge on any atom is -0.480 e. The zero-order chi connectivity index (χ0) is 14.4. The van der Waals surface area contributed by atoms with Crippen molar-refractivity contribution in [1.82, 2.24) is 5.32 Å². The van der Waals surface area contributed by atoms with Gasteiger partial charge >= 0.3 is 12.0 Å². The molecule has 0 saturated heterocycles. The molecule has 1 aromatic carbocycles. The molecule has 5 nitrogen and oxygen atoms in total. The zero-order valence-electron chi connectivity index (χ0n) is 9.82. The van der Waals surface area contributed by atoms with Crippen molar-refractivity contribution in [3.63, 3.8) is 0 Å². The summed E-state index contributed by atoms with van der Waals surface area (Å²) in [5.74, 6) is -1.81. The number of hydrogen-bond acceptors (Lipinski definition) is 2. The number of aliphatic carboxylic acids is 1. The van der Waals surface area contributed by atoms with Crippen LogP contribution in [0.1, 0.15) is 6.42 Å². The lowest BCUT2D eigenvalue weighted by Crippen LogP contribution is -2.42. The lowest BCUT2D eigenvalue weighted by molar-refractivity contribution is -0.139. The van der Waals surface area contributed by atoms with Crippen LogP contribution in [-0.2, 0) is 4.79 Å². The van der Waals surface area contributed by atoms with E-state index in [-0.39, 0.29) is 12.1 Å². The first kappa shape index (κ1) is 15.2. The highest BCUT2D eigenvalue weighted by Gasteiger charge is 2.18. The Balaban J connectivity index is 2.71. The van der Waals surface area contributed by atoms with Crippen LogP contribution in [0.15, 0.2) is 35.3 Å². The van der Waals surface area contributed by atoms with Crippen LogP contribution in [0.3, 0.4) is 0 Å². The van der Waals surface area contributed by atoms with Crippen molar-refractivity contribution in [1.29, 1.82) is 0 Å². The number of amides is 2. The van der Waals surface area contributed by atoms with Gasteiger partial charge in [0, 0.05) is 4.47 Å². The van der Waals surface area contributed by atoms with Crippen LogP contribution in [0.5, 0.6) is 0 Å². The molecule has 0 aliphatic heterocycles. The molecule has 0 bridgehead atoms. The van der Waals surface area contributed by atoms with Gasteiger partial charge in [-0.15, -0.1) is 6.58 Å². The van der Waals surface area contributed by atoms with E-state index in [0.717, 1.165) is 0 Å². The Bertz CT molecular complexity index is 508. The summed E-state index contributed by atoms with van der Waals surface area (Å²) in [6.07, 6.45) is 1.45. The molecule has 3 N–H and O–H groups in total. The first-order chi connectivity index (χ1) is 8.93. The second kappa shape index (κ2) is 6.89. The second-order valence-electron chi connectivity index (χ2n) is 3.64. The van der Waals surface area contributed by atoms with Crippen LogP contribution in [0.4, 0.5) is 14.9 Å². The number of anilines is 1. The van der Waals surface area contributed by atoms with Gasteiger partial charge in [-0.2, -0.15) is 0 Å². The van der Waals surface area contributed by atoms with Gasteiger partial charge in [-0.25, -0.2) is 14.0 Å². The predicted octanol–water partition coefficient (Wildman–Crippen LogP) is 2.74. The van der Waals surface area contributed by atoms with Crippen molar-refractivity contribution in [3.8, 4) is 0 Å². The van der Waals surface area contributed by atoms with Crippen LogP contribution in [0.25, 0.3) is 0 Å². The highest BCUT2D eigenvalue weighted by Crippen LogP contribution is 2.19. The molecule has 0 saturated carbocycles. The third-order valence-electron chi connectivity index (χ3n) is 2.18. The van der Waals surface area contributed by atoms with Gasteiger partial charge in [0.25, 0.3) is 0 Å². The topological polar surface area (TPSA) is 78.4 Å². The molecular formula is C12H12BrFN2O3. The van der Waals surface area contributed by atoms with E-state index in [1.807, 2.05) is 0 Å². The number of carboxylic acid groups (broad SMARTS) is 1. The average molecular weight is 331 g/mol. The van der Waals surface area contributed by atoms with Gasteiger partial charge in [-0.1, -0.05) is 22.0 Å². The Morgan fingerprint density at radius 2 is 2.21 bits per heavy atom. The van der Waals surface area contributed by atoms with Crippen LogP contribution < -0.4 is 10.6 Å². The standard InChI is InChI=1S/C12H12BrFN2O3/c1-2-3-9(11(17)18)15-12(19)16-10-6-7(13)4-5-8(10)14/h2,4-6,9H,1,3H2,(H,17,18)(H2,15,16,19). The van der Waals surface area contributed by atoms with E-state index in [2.05, 4.69) is 33.1 Å². The average Bonchev–Trinajstić information content (AvgIpc) is 2.33. The highest BCUT2D eigenvalue weighted by atomic mass is 79.9. The summed E-state index contributed by atoms with van der Waals surface area (Å²) in [4.78, 5) is 22.4. The number of nitrogens with one attached hydrogen (secondary N) is 2. The molecule has 0 aliphatic rings. The number of rotatable bonds is 5. The summed E-state index contributed by atoms with van der Waals surface area (Å²) >= 11 is 3.14. The molecule has 1 aromatic rings. The summed E-state index contributed by atoms with van der Waals surface area (Å²) < 4.78 is 14.0. The molecule has 1 rings (SSSR count). The third-order valence-corrected chi connectivity index (χ3v) is 2.68. The van der Waals surface area contributed by atoms with E-state index < -0.39 is 23.9 Å². The van der Waals surface area contributed by atoms with Gasteiger partial charge < -0.3 is 15.7 Å². The molecule has 0 aliphatic carbocycles. The third kappa shape index (κ3) is 4.70. The summed E-state index contributed by atoms with van der Waals surface area (Å²) in [7, 11) is 0. The van der Waals surface area contributed by atoms with Crippen molar-refractivity contribution in [2.75, 3.05) is 5.32 Å². The second-order valence-corrected chi connectivity index (χ2v) is 4.55. The molecular weight excluding hydrogens is 319 g/mol. The Morgan fingerprint density at radius 3 is 2.79 bits per heavy atom. The summed E-state index contributed by atoms with van der Waals surface area (Å²) in [5.41, 5.74) is -0.0467. The Kier molecular flexibility index (Phi) is 5.50. The molecule has 2 amide bonds. The van der Waals surface area contributed by atoms with E-state index in [1.54, 1.807) is 0 Å². The number of halogens is 2. The van der Waals surface area contributed by atoms with Crippen LogP contribution in [0, 0.1) is 5.82 Å². The number of carboxylic acids is 1. The van der Waals surface area contributed by atoms with Crippen molar-refractivity contribution in [2.45, 2.75) is 12.5 Å². The van der Waals surface area contributed by atoms with Crippen molar-refractivity contribution < 1.29 is 19.1 Å². The van der Waals surface area contributed by atoms with Crippen LogP contribution in [-0.4, -0.2) is 23.1 Å². The van der Waals surface area contributed by atoms with E-state index in [1.165, 1.54) is 24.3 Å². The lowest BCUT2D eigenvalue weighted by atomic mass is 10.2. The van der Waals surface area contributed by atoms with Crippen molar-refractivity contribution >= 4 is 33.6 Å². The van der Waals surface area contributed by atoms with Gasteiger partial charge in [0.15, 0.2) is 0 Å². The van der Waals surface area contributed by atoms with Gasteiger partial charge in [0.2, 0.25) is 0 Å². The molecule has 0 spiro atoms. The van der Waals surface area contributed by atoms with E-state index in [9.17, 15) is 14.0 Å². The molecule has 0 heterocycles. The molecule has 1 unspecified atom stereocenters.